The lowest BCUT2D eigenvalue weighted by Crippen LogP contribution is -2.38. The number of nitrogens with two attached hydrogens (primary N) is 1. The molecule has 0 amide bonds. The van der Waals surface area contributed by atoms with Crippen LogP contribution < -0.4 is 10.6 Å². The quantitative estimate of drug-likeness (QED) is 0.869. The molecule has 1 aliphatic rings. The zero-order chi connectivity index (χ0) is 12.6. The maximum absolute atomic E-state index is 6.29. The highest BCUT2D eigenvalue weighted by molar-refractivity contribution is 6.31. The molecule has 1 aromatic rings. The molecule has 1 fully saturated rings. The highest BCUT2D eigenvalue weighted by Gasteiger charge is 2.32. The van der Waals surface area contributed by atoms with E-state index in [4.69, 9.17) is 17.3 Å². The number of hydrogen-bond donors (Lipinski definition) is 1. The Bertz CT molecular complexity index is 413. The van der Waals surface area contributed by atoms with Gasteiger partial charge in [-0.2, -0.15) is 0 Å². The van der Waals surface area contributed by atoms with Crippen molar-refractivity contribution in [2.45, 2.75) is 45.2 Å². The van der Waals surface area contributed by atoms with Crippen LogP contribution in [0.2, 0.25) is 5.02 Å². The molecule has 1 atom stereocenters. The molecule has 2 nitrogen and oxygen atoms in total. The minimum absolute atomic E-state index is 0.0110. The van der Waals surface area contributed by atoms with E-state index in [-0.39, 0.29) is 11.6 Å². The number of hydrogen-bond acceptors (Lipinski definition) is 2. The van der Waals surface area contributed by atoms with E-state index in [0.29, 0.717) is 0 Å². The van der Waals surface area contributed by atoms with Crippen LogP contribution in [0.15, 0.2) is 18.2 Å². The van der Waals surface area contributed by atoms with Crippen LogP contribution in [0.3, 0.4) is 0 Å². The highest BCUT2D eigenvalue weighted by atomic mass is 35.5. The predicted molar refractivity (Wildman–Crippen MR) is 74.7 cm³/mol. The second kappa shape index (κ2) is 4.51. The van der Waals surface area contributed by atoms with E-state index >= 15 is 0 Å². The van der Waals surface area contributed by atoms with Crippen molar-refractivity contribution in [1.82, 2.24) is 0 Å². The van der Waals surface area contributed by atoms with Gasteiger partial charge in [-0.1, -0.05) is 17.7 Å². The average Bonchev–Trinajstić information content (AvgIpc) is 2.57. The van der Waals surface area contributed by atoms with Gasteiger partial charge in [-0.05, 0) is 51.3 Å². The van der Waals surface area contributed by atoms with Crippen molar-refractivity contribution in [3.05, 3.63) is 28.8 Å². The van der Waals surface area contributed by atoms with Crippen LogP contribution in [-0.4, -0.2) is 12.1 Å². The van der Waals surface area contributed by atoms with Crippen LogP contribution in [0.4, 0.5) is 5.69 Å². The van der Waals surface area contributed by atoms with Crippen molar-refractivity contribution in [3.8, 4) is 0 Å². The molecule has 1 unspecified atom stereocenters. The molecule has 3 heteroatoms. The maximum atomic E-state index is 6.29. The summed E-state index contributed by atoms with van der Waals surface area (Å²) in [5.41, 5.74) is 8.34. The Hall–Kier alpha value is -0.730. The summed E-state index contributed by atoms with van der Waals surface area (Å²) >= 11 is 6.29. The Labute approximate surface area is 109 Å². The first kappa shape index (κ1) is 12.7. The first-order chi connectivity index (χ1) is 7.92. The van der Waals surface area contributed by atoms with E-state index in [1.807, 2.05) is 13.0 Å². The molecule has 0 spiro atoms. The summed E-state index contributed by atoms with van der Waals surface area (Å²) in [7, 11) is 0. The number of anilines is 1. The van der Waals surface area contributed by atoms with Gasteiger partial charge in [0, 0.05) is 28.8 Å². The van der Waals surface area contributed by atoms with Crippen molar-refractivity contribution in [2.24, 2.45) is 5.73 Å². The summed E-state index contributed by atoms with van der Waals surface area (Å²) in [5.74, 6) is 0. The van der Waals surface area contributed by atoms with Crippen molar-refractivity contribution in [1.29, 1.82) is 0 Å². The fourth-order valence-corrected chi connectivity index (χ4v) is 2.99. The van der Waals surface area contributed by atoms with Gasteiger partial charge in [0.2, 0.25) is 0 Å². The normalized spacial score (nSPS) is 20.6. The van der Waals surface area contributed by atoms with Crippen molar-refractivity contribution < 1.29 is 0 Å². The number of benzene rings is 1. The van der Waals surface area contributed by atoms with Crippen LogP contribution in [0.5, 0.6) is 0 Å². The molecule has 1 aromatic carbocycles. The first-order valence-electron chi connectivity index (χ1n) is 6.24. The lowest BCUT2D eigenvalue weighted by molar-refractivity contribution is 0.518. The van der Waals surface area contributed by atoms with Crippen LogP contribution in [0.25, 0.3) is 0 Å². The third-order valence-electron chi connectivity index (χ3n) is 3.69. The average molecular weight is 253 g/mol. The van der Waals surface area contributed by atoms with Crippen molar-refractivity contribution in [3.63, 3.8) is 0 Å². The summed E-state index contributed by atoms with van der Waals surface area (Å²) in [4.78, 5) is 2.43. The molecule has 2 rings (SSSR count). The van der Waals surface area contributed by atoms with E-state index in [1.54, 1.807) is 0 Å². The van der Waals surface area contributed by atoms with E-state index in [2.05, 4.69) is 30.9 Å². The van der Waals surface area contributed by atoms with Crippen LogP contribution >= 0.6 is 11.6 Å². The molecule has 94 valence electrons. The molecule has 0 saturated carbocycles. The van der Waals surface area contributed by atoms with Gasteiger partial charge in [0.25, 0.3) is 0 Å². The lowest BCUT2D eigenvalue weighted by atomic mass is 10.0. The minimum Gasteiger partial charge on any atom is -0.366 e. The number of halogens is 1. The second-order valence-electron chi connectivity index (χ2n) is 5.56. The number of rotatable bonds is 2. The van der Waals surface area contributed by atoms with Crippen molar-refractivity contribution >= 4 is 17.3 Å². The van der Waals surface area contributed by atoms with E-state index < -0.39 is 0 Å². The Morgan fingerprint density at radius 2 is 2.12 bits per heavy atom. The first-order valence-corrected chi connectivity index (χ1v) is 6.62. The topological polar surface area (TPSA) is 29.3 Å². The Morgan fingerprint density at radius 3 is 2.59 bits per heavy atom. The summed E-state index contributed by atoms with van der Waals surface area (Å²) in [6.07, 6.45) is 2.49. The van der Waals surface area contributed by atoms with Crippen LogP contribution in [0, 0.1) is 0 Å². The van der Waals surface area contributed by atoms with Crippen molar-refractivity contribution in [2.75, 3.05) is 11.4 Å². The molecule has 0 radical (unpaired) electrons. The molecule has 1 saturated heterocycles. The molecule has 1 aliphatic heterocycles. The highest BCUT2D eigenvalue weighted by Crippen LogP contribution is 2.36. The van der Waals surface area contributed by atoms with Gasteiger partial charge in [0.05, 0.1) is 0 Å². The van der Waals surface area contributed by atoms with Gasteiger partial charge in [-0.15, -0.1) is 0 Å². The maximum Gasteiger partial charge on any atom is 0.0474 e. The monoisotopic (exact) mass is 252 g/mol. The molecular weight excluding hydrogens is 232 g/mol. The fraction of sp³-hybridized carbons (Fsp3) is 0.571. The zero-order valence-corrected chi connectivity index (χ0v) is 11.6. The molecule has 2 N–H and O–H groups in total. The summed E-state index contributed by atoms with van der Waals surface area (Å²) in [5, 5.41) is 0.778. The smallest absolute Gasteiger partial charge is 0.0474 e. The largest absolute Gasteiger partial charge is 0.366 e. The van der Waals surface area contributed by atoms with Gasteiger partial charge in [-0.25, -0.2) is 0 Å². The third-order valence-corrected chi connectivity index (χ3v) is 4.01. The Balaban J connectivity index is 2.32. The molecule has 0 aliphatic carbocycles. The minimum atomic E-state index is -0.0110. The van der Waals surface area contributed by atoms with Gasteiger partial charge in [0.1, 0.15) is 0 Å². The summed E-state index contributed by atoms with van der Waals surface area (Å²) < 4.78 is 0. The molecule has 1 heterocycles. The van der Waals surface area contributed by atoms with E-state index in [1.165, 1.54) is 18.5 Å². The Morgan fingerprint density at radius 1 is 1.41 bits per heavy atom. The fourth-order valence-electron chi connectivity index (χ4n) is 2.64. The molecule has 17 heavy (non-hydrogen) atoms. The predicted octanol–water partition coefficient (Wildman–Crippen LogP) is 3.74. The standard InChI is InChI=1S/C14H21ClN2/c1-10(16)12-6-5-11(9-13(12)15)17-8-4-7-14(17,2)3/h5-6,9-10H,4,7-8,16H2,1-3H3. The van der Waals surface area contributed by atoms with Gasteiger partial charge < -0.3 is 10.6 Å². The van der Waals surface area contributed by atoms with Crippen LogP contribution in [-0.2, 0) is 0 Å². The third kappa shape index (κ3) is 2.43. The Kier molecular flexibility index (Phi) is 3.37. The zero-order valence-electron chi connectivity index (χ0n) is 10.8. The van der Waals surface area contributed by atoms with Gasteiger partial charge >= 0.3 is 0 Å². The second-order valence-corrected chi connectivity index (χ2v) is 5.97. The van der Waals surface area contributed by atoms with E-state index in [0.717, 1.165) is 17.1 Å². The molecule has 0 aromatic heterocycles. The SMILES string of the molecule is CC(N)c1ccc(N2CCCC2(C)C)cc1Cl. The summed E-state index contributed by atoms with van der Waals surface area (Å²) in [6, 6.07) is 6.23. The van der Waals surface area contributed by atoms with Gasteiger partial charge in [-0.3, -0.25) is 0 Å². The summed E-state index contributed by atoms with van der Waals surface area (Å²) in [6.45, 7) is 7.64. The lowest BCUT2D eigenvalue weighted by Gasteiger charge is -2.34. The molecular formula is C14H21ClN2. The van der Waals surface area contributed by atoms with Gasteiger partial charge in [0.15, 0.2) is 0 Å². The van der Waals surface area contributed by atoms with Crippen LogP contribution in [0.1, 0.15) is 45.2 Å². The van der Waals surface area contributed by atoms with E-state index in [9.17, 15) is 0 Å². The molecule has 0 bridgehead atoms. The number of nitrogens with zero attached hydrogens (tertiary/aromatic N) is 1.